The Labute approximate surface area is 109 Å². The highest BCUT2D eigenvalue weighted by molar-refractivity contribution is 9.10. The second-order valence-electron chi connectivity index (χ2n) is 3.70. The van der Waals surface area contributed by atoms with Crippen molar-refractivity contribution in [3.05, 3.63) is 64.1 Å². The van der Waals surface area contributed by atoms with Crippen molar-refractivity contribution < 1.29 is 9.84 Å². The molecule has 3 heteroatoms. The first-order valence-electron chi connectivity index (χ1n) is 5.29. The molecule has 2 aromatic carbocycles. The SMILES string of the molecule is COc1ccc(Br)c(C(O)c2ccccc2)c1. The minimum absolute atomic E-state index is 0.652. The number of aliphatic hydroxyl groups is 1. The molecular formula is C14H13BrO2. The molecule has 88 valence electrons. The van der Waals surface area contributed by atoms with Crippen molar-refractivity contribution in [2.24, 2.45) is 0 Å². The van der Waals surface area contributed by atoms with Gasteiger partial charge in [-0.25, -0.2) is 0 Å². The van der Waals surface area contributed by atoms with E-state index in [1.54, 1.807) is 7.11 Å². The van der Waals surface area contributed by atoms with E-state index in [0.29, 0.717) is 0 Å². The van der Waals surface area contributed by atoms with Gasteiger partial charge in [-0.15, -0.1) is 0 Å². The summed E-state index contributed by atoms with van der Waals surface area (Å²) in [6.45, 7) is 0. The number of hydrogen-bond acceptors (Lipinski definition) is 2. The Morgan fingerprint density at radius 2 is 1.82 bits per heavy atom. The van der Waals surface area contributed by atoms with E-state index in [-0.39, 0.29) is 0 Å². The Kier molecular flexibility index (Phi) is 3.82. The molecule has 0 fully saturated rings. The van der Waals surface area contributed by atoms with Crippen molar-refractivity contribution in [1.82, 2.24) is 0 Å². The van der Waals surface area contributed by atoms with Crippen LogP contribution < -0.4 is 4.74 Å². The molecule has 0 aliphatic rings. The average Bonchev–Trinajstić information content (AvgIpc) is 2.39. The largest absolute Gasteiger partial charge is 0.497 e. The van der Waals surface area contributed by atoms with Crippen LogP contribution in [0, 0.1) is 0 Å². The number of benzene rings is 2. The van der Waals surface area contributed by atoms with Crippen molar-refractivity contribution in [3.8, 4) is 5.75 Å². The smallest absolute Gasteiger partial charge is 0.119 e. The molecule has 0 aliphatic carbocycles. The molecule has 1 N–H and O–H groups in total. The van der Waals surface area contributed by atoms with Crippen LogP contribution in [0.4, 0.5) is 0 Å². The van der Waals surface area contributed by atoms with Crippen LogP contribution in [0.3, 0.4) is 0 Å². The molecule has 2 rings (SSSR count). The molecule has 2 aromatic rings. The molecule has 0 aromatic heterocycles. The number of hydrogen-bond donors (Lipinski definition) is 1. The van der Waals surface area contributed by atoms with Crippen molar-refractivity contribution in [2.45, 2.75) is 6.10 Å². The van der Waals surface area contributed by atoms with Crippen molar-refractivity contribution >= 4 is 15.9 Å². The summed E-state index contributed by atoms with van der Waals surface area (Å²) in [4.78, 5) is 0. The topological polar surface area (TPSA) is 29.5 Å². The Balaban J connectivity index is 2.40. The predicted octanol–water partition coefficient (Wildman–Crippen LogP) is 3.54. The minimum atomic E-state index is -0.652. The van der Waals surface area contributed by atoms with Crippen molar-refractivity contribution in [1.29, 1.82) is 0 Å². The summed E-state index contributed by atoms with van der Waals surface area (Å²) in [7, 11) is 1.61. The molecule has 0 saturated carbocycles. The lowest BCUT2D eigenvalue weighted by Gasteiger charge is -2.14. The van der Waals surface area contributed by atoms with Gasteiger partial charge in [0.15, 0.2) is 0 Å². The molecule has 1 unspecified atom stereocenters. The van der Waals surface area contributed by atoms with Gasteiger partial charge in [0.2, 0.25) is 0 Å². The van der Waals surface area contributed by atoms with E-state index in [1.807, 2.05) is 48.5 Å². The van der Waals surface area contributed by atoms with Gasteiger partial charge in [0.05, 0.1) is 7.11 Å². The summed E-state index contributed by atoms with van der Waals surface area (Å²) in [5.41, 5.74) is 1.66. The zero-order valence-corrected chi connectivity index (χ0v) is 11.0. The molecule has 0 heterocycles. The summed E-state index contributed by atoms with van der Waals surface area (Å²) >= 11 is 3.44. The van der Waals surface area contributed by atoms with E-state index < -0.39 is 6.10 Å². The van der Waals surface area contributed by atoms with E-state index in [0.717, 1.165) is 21.3 Å². The van der Waals surface area contributed by atoms with E-state index in [2.05, 4.69) is 15.9 Å². The third kappa shape index (κ3) is 2.68. The lowest BCUT2D eigenvalue weighted by molar-refractivity contribution is 0.219. The fraction of sp³-hybridized carbons (Fsp3) is 0.143. The van der Waals surface area contributed by atoms with Crippen molar-refractivity contribution in [2.75, 3.05) is 7.11 Å². The fourth-order valence-electron chi connectivity index (χ4n) is 1.67. The summed E-state index contributed by atoms with van der Waals surface area (Å²) in [5, 5.41) is 10.3. The van der Waals surface area contributed by atoms with Crippen LogP contribution in [0.5, 0.6) is 5.75 Å². The molecule has 2 nitrogen and oxygen atoms in total. The number of methoxy groups -OCH3 is 1. The van der Waals surface area contributed by atoms with Gasteiger partial charge >= 0.3 is 0 Å². The third-order valence-corrected chi connectivity index (χ3v) is 3.34. The molecule has 0 aliphatic heterocycles. The molecule has 0 saturated heterocycles. The fourth-order valence-corrected chi connectivity index (χ4v) is 2.14. The van der Waals surface area contributed by atoms with Crippen molar-refractivity contribution in [3.63, 3.8) is 0 Å². The Bertz CT molecular complexity index is 497. The van der Waals surface area contributed by atoms with Gasteiger partial charge in [0, 0.05) is 10.0 Å². The maximum atomic E-state index is 10.3. The quantitative estimate of drug-likeness (QED) is 0.938. The molecule has 0 amide bonds. The minimum Gasteiger partial charge on any atom is -0.497 e. The van der Waals surface area contributed by atoms with Gasteiger partial charge in [0.1, 0.15) is 11.9 Å². The number of halogens is 1. The van der Waals surface area contributed by atoms with Gasteiger partial charge < -0.3 is 9.84 Å². The van der Waals surface area contributed by atoms with Crippen LogP contribution in [-0.4, -0.2) is 12.2 Å². The zero-order chi connectivity index (χ0) is 12.3. The van der Waals surface area contributed by atoms with E-state index in [1.165, 1.54) is 0 Å². The second kappa shape index (κ2) is 5.34. The number of aliphatic hydroxyl groups excluding tert-OH is 1. The van der Waals surface area contributed by atoms with Crippen LogP contribution >= 0.6 is 15.9 Å². The first-order valence-corrected chi connectivity index (χ1v) is 6.08. The van der Waals surface area contributed by atoms with Gasteiger partial charge in [-0.2, -0.15) is 0 Å². The third-order valence-electron chi connectivity index (χ3n) is 2.61. The average molecular weight is 293 g/mol. The maximum Gasteiger partial charge on any atom is 0.119 e. The molecule has 0 radical (unpaired) electrons. The molecule has 0 bridgehead atoms. The van der Waals surface area contributed by atoms with E-state index >= 15 is 0 Å². The van der Waals surface area contributed by atoms with Crippen LogP contribution in [-0.2, 0) is 0 Å². The predicted molar refractivity (Wildman–Crippen MR) is 71.2 cm³/mol. The first-order chi connectivity index (χ1) is 8.22. The number of ether oxygens (including phenoxy) is 1. The summed E-state index contributed by atoms with van der Waals surface area (Å²) < 4.78 is 6.03. The Hall–Kier alpha value is -1.32. The monoisotopic (exact) mass is 292 g/mol. The van der Waals surface area contributed by atoms with Gasteiger partial charge in [-0.05, 0) is 23.8 Å². The highest BCUT2D eigenvalue weighted by Crippen LogP contribution is 2.31. The van der Waals surface area contributed by atoms with Crippen LogP contribution in [0.2, 0.25) is 0 Å². The highest BCUT2D eigenvalue weighted by atomic mass is 79.9. The molecule has 1 atom stereocenters. The lowest BCUT2D eigenvalue weighted by atomic mass is 10.0. The maximum absolute atomic E-state index is 10.3. The summed E-state index contributed by atoms with van der Waals surface area (Å²) in [6.07, 6.45) is -0.652. The standard InChI is InChI=1S/C14H13BrO2/c1-17-11-7-8-13(15)12(9-11)14(16)10-5-3-2-4-6-10/h2-9,14,16H,1H3. The molecular weight excluding hydrogens is 280 g/mol. The highest BCUT2D eigenvalue weighted by Gasteiger charge is 2.14. The summed E-state index contributed by atoms with van der Waals surface area (Å²) in [6, 6.07) is 15.1. The zero-order valence-electron chi connectivity index (χ0n) is 9.43. The Morgan fingerprint density at radius 3 is 2.47 bits per heavy atom. The second-order valence-corrected chi connectivity index (χ2v) is 4.56. The molecule has 0 spiro atoms. The van der Waals surface area contributed by atoms with Gasteiger partial charge in [0.25, 0.3) is 0 Å². The molecule has 17 heavy (non-hydrogen) atoms. The van der Waals surface area contributed by atoms with Crippen LogP contribution in [0.15, 0.2) is 53.0 Å². The summed E-state index contributed by atoms with van der Waals surface area (Å²) in [5.74, 6) is 0.734. The van der Waals surface area contributed by atoms with E-state index in [4.69, 9.17) is 4.74 Å². The van der Waals surface area contributed by atoms with Gasteiger partial charge in [-0.1, -0.05) is 46.3 Å². The normalized spacial score (nSPS) is 12.2. The van der Waals surface area contributed by atoms with Crippen LogP contribution in [0.25, 0.3) is 0 Å². The van der Waals surface area contributed by atoms with Crippen LogP contribution in [0.1, 0.15) is 17.2 Å². The number of rotatable bonds is 3. The van der Waals surface area contributed by atoms with Gasteiger partial charge in [-0.3, -0.25) is 0 Å². The van der Waals surface area contributed by atoms with E-state index in [9.17, 15) is 5.11 Å². The Morgan fingerprint density at radius 1 is 1.12 bits per heavy atom. The first kappa shape index (κ1) is 12.1. The lowest BCUT2D eigenvalue weighted by Crippen LogP contribution is -2.01.